The van der Waals surface area contributed by atoms with Crippen LogP contribution >= 0.6 is 0 Å². The van der Waals surface area contributed by atoms with Gasteiger partial charge in [-0.05, 0) is 31.5 Å². The van der Waals surface area contributed by atoms with Crippen LogP contribution in [0.5, 0.6) is 0 Å². The van der Waals surface area contributed by atoms with Gasteiger partial charge in [0.05, 0.1) is 18.4 Å². The topological polar surface area (TPSA) is 76.1 Å². The second-order valence-electron chi connectivity index (χ2n) is 6.19. The van der Waals surface area contributed by atoms with E-state index in [2.05, 4.69) is 45.7 Å². The zero-order valence-electron chi connectivity index (χ0n) is 15.6. The van der Waals surface area contributed by atoms with Crippen molar-refractivity contribution in [2.75, 3.05) is 17.7 Å². The van der Waals surface area contributed by atoms with E-state index in [4.69, 9.17) is 4.74 Å². The van der Waals surface area contributed by atoms with Crippen molar-refractivity contribution < 1.29 is 9.53 Å². The molecule has 0 saturated heterocycles. The molecule has 0 spiro atoms. The van der Waals surface area contributed by atoms with E-state index in [0.717, 1.165) is 0 Å². The van der Waals surface area contributed by atoms with Gasteiger partial charge in [-0.15, -0.1) is 0 Å². The Kier molecular flexibility index (Phi) is 5.66. The van der Waals surface area contributed by atoms with Crippen LogP contribution in [0, 0.1) is 13.8 Å². The summed E-state index contributed by atoms with van der Waals surface area (Å²) >= 11 is 0. The minimum absolute atomic E-state index is 0.401. The van der Waals surface area contributed by atoms with E-state index in [1.54, 1.807) is 12.1 Å². The Morgan fingerprint density at radius 3 is 2.56 bits per heavy atom. The monoisotopic (exact) mass is 362 g/mol. The first-order valence-electron chi connectivity index (χ1n) is 8.64. The van der Waals surface area contributed by atoms with E-state index < -0.39 is 5.97 Å². The largest absolute Gasteiger partial charge is 0.465 e. The number of aromatic nitrogens is 2. The van der Waals surface area contributed by atoms with E-state index in [1.165, 1.54) is 18.2 Å². The summed E-state index contributed by atoms with van der Waals surface area (Å²) in [6, 6.07) is 17.3. The molecule has 6 heteroatoms. The number of rotatable bonds is 6. The van der Waals surface area contributed by atoms with E-state index in [0.29, 0.717) is 35.3 Å². The summed E-state index contributed by atoms with van der Waals surface area (Å²) in [4.78, 5) is 20.8. The van der Waals surface area contributed by atoms with Gasteiger partial charge in [-0.2, -0.15) is 0 Å². The maximum Gasteiger partial charge on any atom is 0.339 e. The van der Waals surface area contributed by atoms with Crippen LogP contribution in [0.2, 0.25) is 0 Å². The quantitative estimate of drug-likeness (QED) is 0.639. The van der Waals surface area contributed by atoms with Crippen molar-refractivity contribution in [3.8, 4) is 0 Å². The number of para-hydroxylation sites is 1. The molecule has 0 amide bonds. The molecule has 0 aliphatic heterocycles. The van der Waals surface area contributed by atoms with Crippen LogP contribution in [0.4, 0.5) is 17.3 Å². The number of carbonyl (C=O) groups excluding carboxylic acids is 1. The lowest BCUT2D eigenvalue weighted by Gasteiger charge is -2.12. The number of nitrogens with one attached hydrogen (secondary N) is 2. The van der Waals surface area contributed by atoms with Crippen LogP contribution in [-0.2, 0) is 11.3 Å². The van der Waals surface area contributed by atoms with Crippen molar-refractivity contribution in [1.29, 1.82) is 0 Å². The Hall–Kier alpha value is -3.41. The zero-order valence-corrected chi connectivity index (χ0v) is 15.6. The number of hydrogen-bond donors (Lipinski definition) is 2. The average molecular weight is 362 g/mol. The molecule has 6 nitrogen and oxygen atoms in total. The molecule has 0 radical (unpaired) electrons. The molecule has 3 aromatic rings. The van der Waals surface area contributed by atoms with Gasteiger partial charge in [0.2, 0.25) is 0 Å². The summed E-state index contributed by atoms with van der Waals surface area (Å²) in [5, 5.41) is 6.51. The van der Waals surface area contributed by atoms with Crippen molar-refractivity contribution in [3.05, 3.63) is 77.1 Å². The van der Waals surface area contributed by atoms with Crippen LogP contribution in [0.15, 0.2) is 54.6 Å². The van der Waals surface area contributed by atoms with Crippen molar-refractivity contribution in [1.82, 2.24) is 9.97 Å². The summed E-state index contributed by atoms with van der Waals surface area (Å²) in [6.07, 6.45) is 0. The molecule has 0 aliphatic carbocycles. The first kappa shape index (κ1) is 18.4. The molecular formula is C21H22N4O2. The van der Waals surface area contributed by atoms with Gasteiger partial charge >= 0.3 is 5.97 Å². The molecule has 0 unspecified atom stereocenters. The van der Waals surface area contributed by atoms with Gasteiger partial charge in [-0.3, -0.25) is 0 Å². The fourth-order valence-electron chi connectivity index (χ4n) is 2.76. The number of nitrogens with zero attached hydrogens (tertiary/aromatic N) is 2. The molecule has 138 valence electrons. The van der Waals surface area contributed by atoms with Crippen molar-refractivity contribution in [2.45, 2.75) is 20.4 Å². The minimum atomic E-state index is -0.401. The maximum absolute atomic E-state index is 11.9. The van der Waals surface area contributed by atoms with Gasteiger partial charge < -0.3 is 15.4 Å². The predicted molar refractivity (Wildman–Crippen MR) is 106 cm³/mol. The fourth-order valence-corrected chi connectivity index (χ4v) is 2.76. The number of benzene rings is 2. The Bertz CT molecular complexity index is 956. The Morgan fingerprint density at radius 1 is 1.00 bits per heavy atom. The normalized spacial score (nSPS) is 10.3. The lowest BCUT2D eigenvalue weighted by atomic mass is 10.1. The molecule has 0 fully saturated rings. The molecule has 0 saturated carbocycles. The summed E-state index contributed by atoms with van der Waals surface area (Å²) in [7, 11) is 1.36. The third kappa shape index (κ3) is 4.82. The highest BCUT2D eigenvalue weighted by Gasteiger charge is 2.12. The Labute approximate surface area is 158 Å². The fraction of sp³-hybridized carbons (Fsp3) is 0.190. The van der Waals surface area contributed by atoms with Crippen molar-refractivity contribution >= 4 is 23.3 Å². The highest BCUT2D eigenvalue weighted by molar-refractivity contribution is 5.96. The first-order chi connectivity index (χ1) is 13.0. The van der Waals surface area contributed by atoms with Gasteiger partial charge in [0.15, 0.2) is 0 Å². The predicted octanol–water partition coefficient (Wildman–Crippen LogP) is 4.24. The molecule has 0 aliphatic rings. The molecule has 0 bridgehead atoms. The Morgan fingerprint density at radius 2 is 1.78 bits per heavy atom. The number of methoxy groups -OCH3 is 1. The lowest BCUT2D eigenvalue weighted by molar-refractivity contribution is 0.0602. The summed E-state index contributed by atoms with van der Waals surface area (Å²) in [5.41, 5.74) is 3.48. The van der Waals surface area contributed by atoms with Gasteiger partial charge in [-0.1, -0.05) is 42.0 Å². The second-order valence-corrected chi connectivity index (χ2v) is 6.19. The number of aryl methyl sites for hydroxylation is 2. The summed E-state index contributed by atoms with van der Waals surface area (Å²) < 4.78 is 4.84. The van der Waals surface area contributed by atoms with Crippen LogP contribution < -0.4 is 10.6 Å². The molecule has 0 atom stereocenters. The van der Waals surface area contributed by atoms with Crippen LogP contribution in [0.3, 0.4) is 0 Å². The van der Waals surface area contributed by atoms with Gasteiger partial charge in [0.25, 0.3) is 0 Å². The molecule has 27 heavy (non-hydrogen) atoms. The number of carbonyl (C=O) groups is 1. The van der Waals surface area contributed by atoms with Crippen LogP contribution in [-0.4, -0.2) is 23.0 Å². The van der Waals surface area contributed by atoms with Gasteiger partial charge in [0.1, 0.15) is 17.5 Å². The molecule has 2 aromatic carbocycles. The summed E-state index contributed by atoms with van der Waals surface area (Å²) in [6.45, 7) is 4.56. The van der Waals surface area contributed by atoms with E-state index in [1.807, 2.05) is 31.2 Å². The lowest BCUT2D eigenvalue weighted by Crippen LogP contribution is -2.08. The van der Waals surface area contributed by atoms with Gasteiger partial charge in [0, 0.05) is 12.6 Å². The first-order valence-corrected chi connectivity index (χ1v) is 8.64. The van der Waals surface area contributed by atoms with E-state index in [9.17, 15) is 4.79 Å². The third-order valence-corrected chi connectivity index (χ3v) is 3.99. The van der Waals surface area contributed by atoms with Crippen LogP contribution in [0.25, 0.3) is 0 Å². The molecule has 2 N–H and O–H groups in total. The van der Waals surface area contributed by atoms with Crippen LogP contribution in [0.1, 0.15) is 27.3 Å². The number of esters is 1. The smallest absolute Gasteiger partial charge is 0.339 e. The highest BCUT2D eigenvalue weighted by Crippen LogP contribution is 2.22. The van der Waals surface area contributed by atoms with Gasteiger partial charge in [-0.25, -0.2) is 14.8 Å². The molecular weight excluding hydrogens is 340 g/mol. The molecule has 3 rings (SSSR count). The number of anilines is 3. The van der Waals surface area contributed by atoms with Crippen molar-refractivity contribution in [3.63, 3.8) is 0 Å². The third-order valence-electron chi connectivity index (χ3n) is 3.99. The maximum atomic E-state index is 11.9. The second kappa shape index (κ2) is 8.31. The average Bonchev–Trinajstić information content (AvgIpc) is 2.66. The minimum Gasteiger partial charge on any atom is -0.465 e. The van der Waals surface area contributed by atoms with Crippen molar-refractivity contribution in [2.24, 2.45) is 0 Å². The SMILES string of the molecule is COC(=O)c1ccccc1Nc1cc(NCc2cccc(C)c2)nc(C)n1. The van der Waals surface area contributed by atoms with E-state index >= 15 is 0 Å². The number of hydrogen-bond acceptors (Lipinski definition) is 6. The standard InChI is InChI=1S/C21H22N4O2/c1-14-7-6-8-16(11-14)13-22-19-12-20(24-15(2)23-19)25-18-10-5-4-9-17(18)21(26)27-3/h4-12H,13H2,1-3H3,(H2,22,23,24,25). The summed E-state index contributed by atoms with van der Waals surface area (Å²) in [5.74, 6) is 1.54. The molecule has 1 aromatic heterocycles. The van der Waals surface area contributed by atoms with E-state index in [-0.39, 0.29) is 0 Å². The molecule has 1 heterocycles. The Balaban J connectivity index is 1.79. The highest BCUT2D eigenvalue weighted by atomic mass is 16.5. The zero-order chi connectivity index (χ0) is 19.2. The number of ether oxygens (including phenoxy) is 1.